The molecule has 152 valence electrons. The zero-order chi connectivity index (χ0) is 20.2. The van der Waals surface area contributed by atoms with E-state index < -0.39 is 11.7 Å². The smallest absolute Gasteiger partial charge is 0.259 e. The molecule has 0 bridgehead atoms. The Hall–Kier alpha value is -3.65. The average Bonchev–Trinajstić information content (AvgIpc) is 3.19. The second kappa shape index (κ2) is 9.23. The Morgan fingerprint density at radius 3 is 2.67 bits per heavy atom. The number of pyridine rings is 1. The summed E-state index contributed by atoms with van der Waals surface area (Å²) in [4.78, 5) is 16.7. The van der Waals surface area contributed by atoms with E-state index in [0.717, 1.165) is 17.0 Å². The van der Waals surface area contributed by atoms with Gasteiger partial charge in [0.15, 0.2) is 24.2 Å². The number of nitrogens with one attached hydrogen (secondary N) is 2. The second-order valence-corrected chi connectivity index (χ2v) is 6.51. The Labute approximate surface area is 183 Å². The molecule has 0 saturated carbocycles. The van der Waals surface area contributed by atoms with Crippen LogP contribution in [0.15, 0.2) is 79.1 Å². The highest BCUT2D eigenvalue weighted by molar-refractivity contribution is 6.06. The lowest BCUT2D eigenvalue weighted by Crippen LogP contribution is -3.00. The van der Waals surface area contributed by atoms with Crippen LogP contribution >= 0.6 is 0 Å². The van der Waals surface area contributed by atoms with Crippen molar-refractivity contribution in [2.45, 2.75) is 6.54 Å². The van der Waals surface area contributed by atoms with Crippen LogP contribution in [-0.4, -0.2) is 26.2 Å². The molecule has 0 aliphatic heterocycles. The summed E-state index contributed by atoms with van der Waals surface area (Å²) in [5, 5.41) is 25.5. The highest BCUT2D eigenvalue weighted by Crippen LogP contribution is 2.28. The number of halogens is 1. The summed E-state index contributed by atoms with van der Waals surface area (Å²) in [5.74, 6) is -1.27. The van der Waals surface area contributed by atoms with E-state index in [1.54, 1.807) is 12.3 Å². The fourth-order valence-electron chi connectivity index (χ4n) is 3.01. The maximum Gasteiger partial charge on any atom is 0.259 e. The maximum absolute atomic E-state index is 12.4. The summed E-state index contributed by atoms with van der Waals surface area (Å²) >= 11 is 0. The number of anilines is 1. The van der Waals surface area contributed by atoms with Gasteiger partial charge in [0, 0.05) is 23.5 Å². The van der Waals surface area contributed by atoms with E-state index in [1.165, 1.54) is 18.2 Å². The number of aromatic amines is 1. The van der Waals surface area contributed by atoms with E-state index >= 15 is 0 Å². The largest absolute Gasteiger partial charge is 1.00 e. The lowest BCUT2D eigenvalue weighted by molar-refractivity contribution is -0.741. The molecule has 1 amide bonds. The first kappa shape index (κ1) is 21.1. The molecule has 0 aliphatic rings. The molecular weight excluding hydrogens is 448 g/mol. The Morgan fingerprint density at radius 2 is 1.87 bits per heavy atom. The van der Waals surface area contributed by atoms with Crippen LogP contribution in [0.1, 0.15) is 15.9 Å². The number of amides is 1. The number of benzene rings is 2. The lowest BCUT2D eigenvalue weighted by Gasteiger charge is -2.08. The highest BCUT2D eigenvalue weighted by Gasteiger charge is 2.15. The van der Waals surface area contributed by atoms with E-state index in [9.17, 15) is 15.0 Å². The molecule has 2 aromatic carbocycles. The van der Waals surface area contributed by atoms with Gasteiger partial charge in [-0.05, 0) is 36.4 Å². The fourth-order valence-corrected chi connectivity index (χ4v) is 3.01. The summed E-state index contributed by atoms with van der Waals surface area (Å²) in [6, 6.07) is 19.4. The predicted octanol–water partition coefficient (Wildman–Crippen LogP) is 0.0800. The predicted molar refractivity (Wildman–Crippen MR) is 107 cm³/mol. The molecule has 0 atom stereocenters. The monoisotopic (exact) mass is 466 g/mol. The maximum atomic E-state index is 12.4. The van der Waals surface area contributed by atoms with Crippen LogP contribution in [0.5, 0.6) is 11.5 Å². The van der Waals surface area contributed by atoms with Crippen molar-refractivity contribution in [2.24, 2.45) is 0 Å². The van der Waals surface area contributed by atoms with Gasteiger partial charge >= 0.3 is 0 Å². The van der Waals surface area contributed by atoms with Crippen molar-refractivity contribution < 1.29 is 36.7 Å². The zero-order valence-electron chi connectivity index (χ0n) is 15.8. The Morgan fingerprint density at radius 1 is 1.03 bits per heavy atom. The van der Waals surface area contributed by atoms with Crippen LogP contribution in [0, 0.1) is 0 Å². The van der Waals surface area contributed by atoms with Crippen molar-refractivity contribution >= 4 is 11.6 Å². The number of aromatic nitrogens is 3. The summed E-state index contributed by atoms with van der Waals surface area (Å²) in [6.45, 7) is 0.577. The molecule has 0 saturated heterocycles. The molecular formula is C22H19BrN4O3. The van der Waals surface area contributed by atoms with Gasteiger partial charge in [0.2, 0.25) is 0 Å². The van der Waals surface area contributed by atoms with Crippen LogP contribution in [0.3, 0.4) is 0 Å². The van der Waals surface area contributed by atoms with Crippen LogP contribution in [-0.2, 0) is 6.54 Å². The number of phenolic OH excluding ortho intramolecular Hbond substituents is 2. The van der Waals surface area contributed by atoms with Crippen molar-refractivity contribution in [1.29, 1.82) is 0 Å². The van der Waals surface area contributed by atoms with E-state index in [1.807, 2.05) is 53.3 Å². The summed E-state index contributed by atoms with van der Waals surface area (Å²) in [6.07, 6.45) is 3.68. The average molecular weight is 467 g/mol. The van der Waals surface area contributed by atoms with Gasteiger partial charge in [-0.2, -0.15) is 5.10 Å². The van der Waals surface area contributed by atoms with Gasteiger partial charge in [-0.15, -0.1) is 4.68 Å². The van der Waals surface area contributed by atoms with Crippen molar-refractivity contribution in [3.8, 4) is 22.9 Å². The standard InChI is InChI=1S/C22H18N4O3.BrH/c27-20-9-4-7-17(21(20)28)22(29)24-16-6-3-5-15(13-16)14-26-12-10-19(25-26)18-8-1-2-11-23-18;/h1-13H,14H2,(H3,23,24,25,27,28,29);1H. The second-order valence-electron chi connectivity index (χ2n) is 6.51. The van der Waals surface area contributed by atoms with E-state index in [4.69, 9.17) is 0 Å². The molecule has 2 aromatic heterocycles. The molecule has 7 nitrogen and oxygen atoms in total. The van der Waals surface area contributed by atoms with Gasteiger partial charge < -0.3 is 32.5 Å². The molecule has 0 unspecified atom stereocenters. The van der Waals surface area contributed by atoms with Gasteiger partial charge in [-0.25, -0.2) is 0 Å². The Bertz CT molecular complexity index is 1160. The third kappa shape index (κ3) is 4.66. The van der Waals surface area contributed by atoms with Crippen molar-refractivity contribution in [3.05, 3.63) is 90.3 Å². The molecule has 2 heterocycles. The zero-order valence-corrected chi connectivity index (χ0v) is 17.4. The summed E-state index contributed by atoms with van der Waals surface area (Å²) in [7, 11) is 0. The van der Waals surface area contributed by atoms with Crippen LogP contribution < -0.4 is 27.0 Å². The fraction of sp³-hybridized carbons (Fsp3) is 0.0455. The molecule has 0 aliphatic carbocycles. The molecule has 30 heavy (non-hydrogen) atoms. The minimum Gasteiger partial charge on any atom is -1.00 e. The molecule has 0 radical (unpaired) electrons. The lowest BCUT2D eigenvalue weighted by atomic mass is 10.1. The topological polar surface area (TPSA) is 102 Å². The summed E-state index contributed by atoms with van der Waals surface area (Å²) < 4.78 is 1.92. The van der Waals surface area contributed by atoms with Crippen LogP contribution in [0.2, 0.25) is 0 Å². The number of aromatic hydroxyl groups is 2. The first-order valence-electron chi connectivity index (χ1n) is 9.01. The number of carbonyl (C=O) groups excluding carboxylic acids is 1. The number of nitrogens with zero attached hydrogens (tertiary/aromatic N) is 2. The number of hydrogen-bond acceptors (Lipinski definition) is 4. The number of hydrogen-bond donors (Lipinski definition) is 4. The number of H-pyrrole nitrogens is 1. The molecule has 0 fully saturated rings. The molecule has 0 spiro atoms. The van der Waals surface area contributed by atoms with Crippen molar-refractivity contribution in [1.82, 2.24) is 10.1 Å². The van der Waals surface area contributed by atoms with Crippen molar-refractivity contribution in [2.75, 3.05) is 5.32 Å². The normalized spacial score (nSPS) is 10.3. The van der Waals surface area contributed by atoms with Crippen LogP contribution in [0.25, 0.3) is 11.4 Å². The molecule has 8 heteroatoms. The highest BCUT2D eigenvalue weighted by atomic mass is 79.9. The van der Waals surface area contributed by atoms with E-state index in [-0.39, 0.29) is 28.3 Å². The van der Waals surface area contributed by atoms with Crippen LogP contribution in [0.4, 0.5) is 5.69 Å². The minimum atomic E-state index is -0.500. The van der Waals surface area contributed by atoms with Crippen molar-refractivity contribution in [3.63, 3.8) is 0 Å². The van der Waals surface area contributed by atoms with E-state index in [0.29, 0.717) is 12.2 Å². The van der Waals surface area contributed by atoms with Gasteiger partial charge in [-0.3, -0.25) is 9.78 Å². The van der Waals surface area contributed by atoms with Gasteiger partial charge in [0.1, 0.15) is 5.69 Å². The Balaban J connectivity index is 0.00000256. The van der Waals surface area contributed by atoms with E-state index in [2.05, 4.69) is 15.4 Å². The molecule has 4 rings (SSSR count). The number of rotatable bonds is 5. The number of phenols is 2. The first-order valence-corrected chi connectivity index (χ1v) is 9.01. The van der Waals surface area contributed by atoms with Gasteiger partial charge in [0.05, 0.1) is 11.3 Å². The molecule has 4 N–H and O–H groups in total. The minimum absolute atomic E-state index is 0. The Kier molecular flexibility index (Phi) is 6.48. The summed E-state index contributed by atoms with van der Waals surface area (Å²) in [5.41, 5.74) is 3.34. The first-order chi connectivity index (χ1) is 14.1. The van der Waals surface area contributed by atoms with Gasteiger partial charge in [-0.1, -0.05) is 24.3 Å². The SMILES string of the molecule is O=C(Nc1cccc(C[n+]2ccc(-c3ccccn3)[nH]2)c1)c1cccc(O)c1O.[Br-]. The third-order valence-electron chi connectivity index (χ3n) is 4.42. The third-order valence-corrected chi connectivity index (χ3v) is 4.42. The number of carbonyl (C=O) groups is 1. The quantitative estimate of drug-likeness (QED) is 0.247. The number of para-hydroxylation sites is 1. The molecule has 4 aromatic rings. The van der Waals surface area contributed by atoms with Gasteiger partial charge in [0.25, 0.3) is 5.91 Å².